The standard InChI is InChI=1S/C37H30S/c1-37-23-26(20-21-34(37)30-13-3-2-12-28(30)29-14-4-6-18-33(29)37)24-10-8-11-25(22-24)27-16-9-17-32-31-15-5-7-19-35(31)38-36(27)32/h2-6,8-18,20-23,27,34,36H,7,19H2,1H3. The van der Waals surface area contributed by atoms with Gasteiger partial charge in [0.15, 0.2) is 0 Å². The van der Waals surface area contributed by atoms with Crippen LogP contribution in [0.1, 0.15) is 53.9 Å². The van der Waals surface area contributed by atoms with Gasteiger partial charge in [0.2, 0.25) is 0 Å². The van der Waals surface area contributed by atoms with Crippen molar-refractivity contribution in [3.05, 3.63) is 160 Å². The first kappa shape index (κ1) is 22.4. The molecule has 8 rings (SSSR count). The van der Waals surface area contributed by atoms with Gasteiger partial charge in [-0.2, -0.15) is 0 Å². The minimum absolute atomic E-state index is 0.0811. The predicted octanol–water partition coefficient (Wildman–Crippen LogP) is 9.66. The molecule has 0 N–H and O–H groups in total. The third kappa shape index (κ3) is 3.25. The number of hydrogen-bond acceptors (Lipinski definition) is 1. The van der Waals surface area contributed by atoms with Crippen molar-refractivity contribution in [2.24, 2.45) is 0 Å². The van der Waals surface area contributed by atoms with Gasteiger partial charge in [-0.3, -0.25) is 0 Å². The van der Waals surface area contributed by atoms with E-state index in [9.17, 15) is 0 Å². The lowest BCUT2D eigenvalue weighted by Crippen LogP contribution is -2.33. The quantitative estimate of drug-likeness (QED) is 0.333. The maximum atomic E-state index is 2.54. The fraction of sp³-hybridized carbons (Fsp3) is 0.189. The van der Waals surface area contributed by atoms with E-state index in [1.807, 2.05) is 0 Å². The molecule has 0 aromatic heterocycles. The highest BCUT2D eigenvalue weighted by molar-refractivity contribution is 8.04. The molecule has 0 fully saturated rings. The van der Waals surface area contributed by atoms with Crippen molar-refractivity contribution in [2.75, 3.05) is 0 Å². The van der Waals surface area contributed by atoms with Crippen molar-refractivity contribution >= 4 is 17.3 Å². The zero-order valence-electron chi connectivity index (χ0n) is 21.6. The molecule has 0 spiro atoms. The second-order valence-electron chi connectivity index (χ2n) is 11.3. The van der Waals surface area contributed by atoms with Crippen LogP contribution in [0, 0.1) is 0 Å². The molecule has 0 nitrogen and oxygen atoms in total. The number of rotatable bonds is 2. The molecule has 0 saturated heterocycles. The zero-order valence-corrected chi connectivity index (χ0v) is 22.4. The van der Waals surface area contributed by atoms with Crippen LogP contribution in [0.5, 0.6) is 0 Å². The van der Waals surface area contributed by atoms with Crippen LogP contribution in [0.15, 0.2) is 137 Å². The van der Waals surface area contributed by atoms with Crippen LogP contribution in [-0.2, 0) is 5.41 Å². The van der Waals surface area contributed by atoms with Crippen LogP contribution in [0.2, 0.25) is 0 Å². The molecule has 3 aromatic carbocycles. The van der Waals surface area contributed by atoms with Crippen LogP contribution in [-0.4, -0.2) is 5.25 Å². The molecule has 184 valence electrons. The van der Waals surface area contributed by atoms with Crippen molar-refractivity contribution in [2.45, 2.75) is 42.3 Å². The van der Waals surface area contributed by atoms with Gasteiger partial charge in [-0.15, -0.1) is 11.8 Å². The Labute approximate surface area is 229 Å². The Balaban J connectivity index is 1.18. The molecule has 1 heterocycles. The molecule has 4 atom stereocenters. The molecule has 0 bridgehead atoms. The first-order valence-corrected chi connectivity index (χ1v) is 14.7. The van der Waals surface area contributed by atoms with Crippen molar-refractivity contribution in [1.29, 1.82) is 0 Å². The lowest BCUT2D eigenvalue weighted by Gasteiger charge is -2.43. The third-order valence-corrected chi connectivity index (χ3v) is 10.7. The predicted molar refractivity (Wildman–Crippen MR) is 162 cm³/mol. The normalized spacial score (nSPS) is 28.1. The Morgan fingerprint density at radius 2 is 1.74 bits per heavy atom. The number of thioether (sulfide) groups is 1. The Hall–Kier alpha value is -3.55. The van der Waals surface area contributed by atoms with E-state index in [2.05, 4.69) is 140 Å². The lowest BCUT2D eigenvalue weighted by atomic mass is 9.60. The van der Waals surface area contributed by atoms with Gasteiger partial charge in [0, 0.05) is 22.5 Å². The molecule has 0 radical (unpaired) electrons. The van der Waals surface area contributed by atoms with Gasteiger partial charge >= 0.3 is 0 Å². The highest BCUT2D eigenvalue weighted by atomic mass is 32.2. The number of fused-ring (bicyclic) bond motifs is 8. The van der Waals surface area contributed by atoms with Crippen LogP contribution >= 0.6 is 11.8 Å². The second-order valence-corrected chi connectivity index (χ2v) is 12.6. The molecule has 4 aliphatic carbocycles. The zero-order chi connectivity index (χ0) is 25.3. The van der Waals surface area contributed by atoms with Crippen molar-refractivity contribution < 1.29 is 0 Å². The molecule has 3 aromatic rings. The van der Waals surface area contributed by atoms with Crippen molar-refractivity contribution in [1.82, 2.24) is 0 Å². The molecular formula is C37H30S. The summed E-state index contributed by atoms with van der Waals surface area (Å²) in [7, 11) is 0. The molecule has 5 aliphatic rings. The van der Waals surface area contributed by atoms with E-state index in [-0.39, 0.29) is 5.41 Å². The van der Waals surface area contributed by atoms with Crippen LogP contribution in [0.4, 0.5) is 0 Å². The van der Waals surface area contributed by atoms with Crippen LogP contribution in [0.3, 0.4) is 0 Å². The van der Waals surface area contributed by atoms with E-state index in [0.29, 0.717) is 17.1 Å². The molecule has 1 aliphatic heterocycles. The van der Waals surface area contributed by atoms with E-state index >= 15 is 0 Å². The average Bonchev–Trinajstić information content (AvgIpc) is 3.36. The summed E-state index contributed by atoms with van der Waals surface area (Å²) in [6, 6.07) is 27.3. The van der Waals surface area contributed by atoms with Gasteiger partial charge in [0.1, 0.15) is 0 Å². The average molecular weight is 507 g/mol. The second kappa shape index (κ2) is 8.48. The summed E-state index contributed by atoms with van der Waals surface area (Å²) in [5, 5.41) is 0.488. The lowest BCUT2D eigenvalue weighted by molar-refractivity contribution is 0.521. The van der Waals surface area contributed by atoms with E-state index in [1.54, 1.807) is 4.91 Å². The minimum atomic E-state index is -0.0811. The topological polar surface area (TPSA) is 0 Å². The number of benzene rings is 3. The molecule has 38 heavy (non-hydrogen) atoms. The highest BCUT2D eigenvalue weighted by Gasteiger charge is 2.42. The molecule has 4 unspecified atom stereocenters. The minimum Gasteiger partial charge on any atom is -0.121 e. The number of hydrogen-bond donors (Lipinski definition) is 0. The van der Waals surface area contributed by atoms with Crippen LogP contribution in [0.25, 0.3) is 16.7 Å². The number of allylic oxidation sites excluding steroid dienone is 11. The summed E-state index contributed by atoms with van der Waals surface area (Å²) in [4.78, 5) is 1.58. The van der Waals surface area contributed by atoms with E-state index in [1.165, 1.54) is 62.9 Å². The molecule has 0 saturated carbocycles. The van der Waals surface area contributed by atoms with Gasteiger partial charge in [0.25, 0.3) is 0 Å². The van der Waals surface area contributed by atoms with Gasteiger partial charge < -0.3 is 0 Å². The largest absolute Gasteiger partial charge is 0.121 e. The van der Waals surface area contributed by atoms with Crippen LogP contribution < -0.4 is 0 Å². The summed E-state index contributed by atoms with van der Waals surface area (Å²) in [5.41, 5.74) is 12.6. The first-order valence-electron chi connectivity index (χ1n) is 13.9. The Morgan fingerprint density at radius 1 is 0.868 bits per heavy atom. The van der Waals surface area contributed by atoms with Gasteiger partial charge in [0.05, 0.1) is 0 Å². The van der Waals surface area contributed by atoms with Crippen molar-refractivity contribution in [3.63, 3.8) is 0 Å². The monoisotopic (exact) mass is 506 g/mol. The Morgan fingerprint density at radius 3 is 2.68 bits per heavy atom. The van der Waals surface area contributed by atoms with Crippen molar-refractivity contribution in [3.8, 4) is 11.1 Å². The maximum absolute atomic E-state index is 2.54. The highest BCUT2D eigenvalue weighted by Crippen LogP contribution is 2.55. The molecule has 1 heteroatoms. The van der Waals surface area contributed by atoms with E-state index < -0.39 is 0 Å². The van der Waals surface area contributed by atoms with E-state index in [4.69, 9.17) is 0 Å². The fourth-order valence-corrected chi connectivity index (χ4v) is 8.93. The maximum Gasteiger partial charge on any atom is 0.0451 e. The summed E-state index contributed by atoms with van der Waals surface area (Å²) < 4.78 is 0. The molecule has 0 amide bonds. The summed E-state index contributed by atoms with van der Waals surface area (Å²) >= 11 is 2.10. The smallest absolute Gasteiger partial charge is 0.0451 e. The third-order valence-electron chi connectivity index (χ3n) is 9.20. The Bertz CT molecular complexity index is 1670. The Kier molecular flexibility index (Phi) is 5.01. The molecular weight excluding hydrogens is 476 g/mol. The summed E-state index contributed by atoms with van der Waals surface area (Å²) in [5.74, 6) is 0.743. The summed E-state index contributed by atoms with van der Waals surface area (Å²) in [6.45, 7) is 2.43. The fourth-order valence-electron chi connectivity index (χ4n) is 7.35. The first-order chi connectivity index (χ1) is 18.7. The summed E-state index contributed by atoms with van der Waals surface area (Å²) in [6.07, 6.45) is 21.5. The van der Waals surface area contributed by atoms with Gasteiger partial charge in [-0.05, 0) is 67.8 Å². The van der Waals surface area contributed by atoms with E-state index in [0.717, 1.165) is 0 Å². The SMILES string of the molecule is CC12C=C(c3cccc(C4C=CC=C5C6=C(CCC=C6)SC54)c3)C=CC1c1ccccc1-c1ccccc12. The van der Waals surface area contributed by atoms with Gasteiger partial charge in [-0.1, -0.05) is 128 Å². The van der Waals surface area contributed by atoms with Gasteiger partial charge in [-0.25, -0.2) is 0 Å².